The average molecular weight is 326 g/mol. The molecule has 0 saturated heterocycles. The molecule has 24 heavy (non-hydrogen) atoms. The molecule has 0 spiro atoms. The molecule has 0 radical (unpaired) electrons. The molecule has 5 heteroatoms. The summed E-state index contributed by atoms with van der Waals surface area (Å²) < 4.78 is 1.94. The SMILES string of the molecule is Cc1nn(-c2ccccc2)c(C)c1CNC(=O)C1CCCC(N)C1. The topological polar surface area (TPSA) is 72.9 Å². The molecule has 2 atom stereocenters. The quantitative estimate of drug-likeness (QED) is 0.907. The van der Waals surface area contributed by atoms with Crippen molar-refractivity contribution >= 4 is 5.91 Å². The van der Waals surface area contributed by atoms with Gasteiger partial charge in [-0.2, -0.15) is 5.10 Å². The van der Waals surface area contributed by atoms with Gasteiger partial charge >= 0.3 is 0 Å². The number of benzene rings is 1. The van der Waals surface area contributed by atoms with Crippen molar-refractivity contribution in [3.05, 3.63) is 47.3 Å². The maximum Gasteiger partial charge on any atom is 0.223 e. The van der Waals surface area contributed by atoms with Gasteiger partial charge in [0.2, 0.25) is 5.91 Å². The number of carbonyl (C=O) groups is 1. The van der Waals surface area contributed by atoms with Gasteiger partial charge in [0.15, 0.2) is 0 Å². The van der Waals surface area contributed by atoms with Crippen LogP contribution in [0.3, 0.4) is 0 Å². The second kappa shape index (κ2) is 7.18. The standard InChI is InChI=1S/C19H26N4O/c1-13-18(12-21-19(24)15-7-6-8-16(20)11-15)14(2)23(22-13)17-9-4-3-5-10-17/h3-5,9-10,15-16H,6-8,11-12,20H2,1-2H3,(H,21,24). The van der Waals surface area contributed by atoms with E-state index in [9.17, 15) is 4.79 Å². The molecule has 1 saturated carbocycles. The zero-order chi connectivity index (χ0) is 17.1. The predicted molar refractivity (Wildman–Crippen MR) is 94.8 cm³/mol. The van der Waals surface area contributed by atoms with E-state index in [0.717, 1.165) is 48.3 Å². The number of hydrogen-bond acceptors (Lipinski definition) is 3. The summed E-state index contributed by atoms with van der Waals surface area (Å²) in [5.74, 6) is 0.176. The van der Waals surface area contributed by atoms with Gasteiger partial charge in [0.25, 0.3) is 0 Å². The Bertz CT molecular complexity index is 708. The van der Waals surface area contributed by atoms with E-state index in [0.29, 0.717) is 6.54 Å². The Morgan fingerprint density at radius 1 is 1.29 bits per heavy atom. The number of nitrogens with two attached hydrogens (primary N) is 1. The second-order valence-electron chi connectivity index (χ2n) is 6.74. The number of hydrogen-bond donors (Lipinski definition) is 2. The van der Waals surface area contributed by atoms with Gasteiger partial charge in [0, 0.05) is 29.8 Å². The van der Waals surface area contributed by atoms with Crippen molar-refractivity contribution in [1.29, 1.82) is 0 Å². The number of nitrogens with zero attached hydrogens (tertiary/aromatic N) is 2. The van der Waals surface area contributed by atoms with Crippen molar-refractivity contribution < 1.29 is 4.79 Å². The first-order valence-electron chi connectivity index (χ1n) is 8.70. The van der Waals surface area contributed by atoms with Crippen LogP contribution in [0.15, 0.2) is 30.3 Å². The molecule has 1 aliphatic carbocycles. The summed E-state index contributed by atoms with van der Waals surface area (Å²) in [4.78, 5) is 12.4. The van der Waals surface area contributed by atoms with Crippen LogP contribution in [0.1, 0.15) is 42.6 Å². The molecule has 1 aromatic carbocycles. The van der Waals surface area contributed by atoms with Gasteiger partial charge in [-0.15, -0.1) is 0 Å². The van der Waals surface area contributed by atoms with Gasteiger partial charge in [-0.3, -0.25) is 4.79 Å². The van der Waals surface area contributed by atoms with E-state index in [2.05, 4.69) is 10.4 Å². The Labute approximate surface area is 143 Å². The number of nitrogens with one attached hydrogen (secondary N) is 1. The molecular formula is C19H26N4O. The Balaban J connectivity index is 1.69. The van der Waals surface area contributed by atoms with E-state index in [1.165, 1.54) is 0 Å². The van der Waals surface area contributed by atoms with Crippen LogP contribution < -0.4 is 11.1 Å². The van der Waals surface area contributed by atoms with E-state index in [1.807, 2.05) is 48.9 Å². The summed E-state index contributed by atoms with van der Waals surface area (Å²) in [6.45, 7) is 4.56. The van der Waals surface area contributed by atoms with Gasteiger partial charge in [-0.05, 0) is 45.2 Å². The van der Waals surface area contributed by atoms with E-state index >= 15 is 0 Å². The minimum Gasteiger partial charge on any atom is -0.352 e. The van der Waals surface area contributed by atoms with Crippen molar-refractivity contribution in [2.45, 2.75) is 52.1 Å². The van der Waals surface area contributed by atoms with Gasteiger partial charge in [-0.1, -0.05) is 24.6 Å². The van der Waals surface area contributed by atoms with E-state index in [1.54, 1.807) is 0 Å². The minimum atomic E-state index is 0.0542. The molecule has 3 N–H and O–H groups in total. The molecule has 1 aromatic heterocycles. The van der Waals surface area contributed by atoms with Gasteiger partial charge in [-0.25, -0.2) is 4.68 Å². The predicted octanol–water partition coefficient (Wildman–Crippen LogP) is 2.62. The monoisotopic (exact) mass is 326 g/mol. The highest BCUT2D eigenvalue weighted by Gasteiger charge is 2.25. The van der Waals surface area contributed by atoms with Crippen molar-refractivity contribution in [2.75, 3.05) is 0 Å². The summed E-state index contributed by atoms with van der Waals surface area (Å²) in [5, 5.41) is 7.72. The van der Waals surface area contributed by atoms with Crippen LogP contribution in [0.4, 0.5) is 0 Å². The number of para-hydroxylation sites is 1. The number of aromatic nitrogens is 2. The van der Waals surface area contributed by atoms with Crippen molar-refractivity contribution in [2.24, 2.45) is 11.7 Å². The van der Waals surface area contributed by atoms with Gasteiger partial charge in [0.05, 0.1) is 11.4 Å². The first-order chi connectivity index (χ1) is 11.6. The molecule has 128 valence electrons. The fourth-order valence-corrected chi connectivity index (χ4v) is 3.54. The minimum absolute atomic E-state index is 0.0542. The van der Waals surface area contributed by atoms with E-state index < -0.39 is 0 Å². The van der Waals surface area contributed by atoms with Crippen LogP contribution in [0.2, 0.25) is 0 Å². The van der Waals surface area contributed by atoms with Crippen molar-refractivity contribution in [3.63, 3.8) is 0 Å². The van der Waals surface area contributed by atoms with Crippen LogP contribution in [0, 0.1) is 19.8 Å². The molecule has 2 aromatic rings. The van der Waals surface area contributed by atoms with Crippen LogP contribution in [0.25, 0.3) is 5.69 Å². The molecule has 1 fully saturated rings. The lowest BCUT2D eigenvalue weighted by Crippen LogP contribution is -2.37. The highest BCUT2D eigenvalue weighted by atomic mass is 16.1. The maximum atomic E-state index is 12.4. The van der Waals surface area contributed by atoms with Crippen LogP contribution in [-0.2, 0) is 11.3 Å². The van der Waals surface area contributed by atoms with Crippen molar-refractivity contribution in [3.8, 4) is 5.69 Å². The summed E-state index contributed by atoms with van der Waals surface area (Å²) in [5.41, 5.74) is 10.1. The molecule has 0 bridgehead atoms. The molecule has 1 heterocycles. The maximum absolute atomic E-state index is 12.4. The zero-order valence-electron chi connectivity index (χ0n) is 14.5. The lowest BCUT2D eigenvalue weighted by Gasteiger charge is -2.25. The summed E-state index contributed by atoms with van der Waals surface area (Å²) in [7, 11) is 0. The first-order valence-corrected chi connectivity index (χ1v) is 8.70. The third-order valence-electron chi connectivity index (χ3n) is 4.97. The zero-order valence-corrected chi connectivity index (χ0v) is 14.5. The summed E-state index contributed by atoms with van der Waals surface area (Å²) in [6.07, 6.45) is 3.82. The van der Waals surface area contributed by atoms with Crippen LogP contribution in [-0.4, -0.2) is 21.7 Å². The highest BCUT2D eigenvalue weighted by molar-refractivity contribution is 5.78. The summed E-state index contributed by atoms with van der Waals surface area (Å²) >= 11 is 0. The lowest BCUT2D eigenvalue weighted by molar-refractivity contribution is -0.126. The number of aryl methyl sites for hydroxylation is 1. The summed E-state index contributed by atoms with van der Waals surface area (Å²) in [6, 6.07) is 10.2. The Hall–Kier alpha value is -2.14. The number of carbonyl (C=O) groups excluding carboxylic acids is 1. The molecular weight excluding hydrogens is 300 g/mol. The Morgan fingerprint density at radius 2 is 2.04 bits per heavy atom. The van der Waals surface area contributed by atoms with Crippen LogP contribution in [0.5, 0.6) is 0 Å². The smallest absolute Gasteiger partial charge is 0.223 e. The number of amides is 1. The van der Waals surface area contributed by atoms with Crippen LogP contribution >= 0.6 is 0 Å². The fourth-order valence-electron chi connectivity index (χ4n) is 3.54. The third-order valence-corrected chi connectivity index (χ3v) is 4.97. The van der Waals surface area contributed by atoms with Crippen molar-refractivity contribution in [1.82, 2.24) is 15.1 Å². The highest BCUT2D eigenvalue weighted by Crippen LogP contribution is 2.24. The van der Waals surface area contributed by atoms with E-state index in [4.69, 9.17) is 5.73 Å². The fraction of sp³-hybridized carbons (Fsp3) is 0.474. The molecule has 1 amide bonds. The molecule has 3 rings (SSSR count). The Kier molecular flexibility index (Phi) is 5.00. The van der Waals surface area contributed by atoms with Gasteiger partial charge in [0.1, 0.15) is 0 Å². The third kappa shape index (κ3) is 3.51. The lowest BCUT2D eigenvalue weighted by atomic mass is 9.85. The second-order valence-corrected chi connectivity index (χ2v) is 6.74. The largest absolute Gasteiger partial charge is 0.352 e. The molecule has 2 unspecified atom stereocenters. The molecule has 1 aliphatic rings. The molecule has 0 aliphatic heterocycles. The molecule has 5 nitrogen and oxygen atoms in total. The Morgan fingerprint density at radius 3 is 2.75 bits per heavy atom. The number of rotatable bonds is 4. The first kappa shape index (κ1) is 16.7. The van der Waals surface area contributed by atoms with E-state index in [-0.39, 0.29) is 17.9 Å². The average Bonchev–Trinajstić information content (AvgIpc) is 2.88. The van der Waals surface area contributed by atoms with Gasteiger partial charge < -0.3 is 11.1 Å². The normalized spacial score (nSPS) is 20.8.